The molecule has 3 aromatic heterocycles. The van der Waals surface area contributed by atoms with Crippen LogP contribution in [0.3, 0.4) is 0 Å². The molecule has 11 heteroatoms. The predicted molar refractivity (Wildman–Crippen MR) is 138 cm³/mol. The van der Waals surface area contributed by atoms with Gasteiger partial charge in [-0.1, -0.05) is 17.7 Å². The van der Waals surface area contributed by atoms with Crippen molar-refractivity contribution in [2.45, 2.75) is 74.1 Å². The van der Waals surface area contributed by atoms with Gasteiger partial charge in [-0.2, -0.15) is 5.26 Å². The molecule has 1 amide bonds. The van der Waals surface area contributed by atoms with Crippen molar-refractivity contribution in [3.63, 3.8) is 0 Å². The molecule has 10 nitrogen and oxygen atoms in total. The van der Waals surface area contributed by atoms with Gasteiger partial charge in [0.05, 0.1) is 22.7 Å². The molecule has 4 saturated carbocycles. The largest absolute Gasteiger partial charge is 0.349 e. The van der Waals surface area contributed by atoms with Crippen LogP contribution in [0.2, 0.25) is 0 Å². The Hall–Kier alpha value is -3.78. The summed E-state index contributed by atoms with van der Waals surface area (Å²) in [6, 6.07) is 10.7. The van der Waals surface area contributed by atoms with Gasteiger partial charge in [0.2, 0.25) is 5.91 Å². The number of amides is 1. The van der Waals surface area contributed by atoms with E-state index in [2.05, 4.69) is 26.6 Å². The van der Waals surface area contributed by atoms with Gasteiger partial charge in [0.1, 0.15) is 11.2 Å². The Morgan fingerprint density at radius 1 is 1.00 bits per heavy atom. The molecule has 0 radical (unpaired) electrons. The van der Waals surface area contributed by atoms with Gasteiger partial charge in [0, 0.05) is 17.2 Å². The minimum Gasteiger partial charge on any atom is -0.349 e. The van der Waals surface area contributed by atoms with Crippen LogP contribution in [0, 0.1) is 23.7 Å². The lowest BCUT2D eigenvalue weighted by Crippen LogP contribution is -2.59. The summed E-state index contributed by atoms with van der Waals surface area (Å²) >= 11 is 0. The first-order valence-electron chi connectivity index (χ1n) is 13.0. The average Bonchev–Trinajstić information content (AvgIpc) is 3.40. The van der Waals surface area contributed by atoms with Gasteiger partial charge in [-0.15, -0.1) is 10.2 Å². The van der Waals surface area contributed by atoms with Gasteiger partial charge in [0.15, 0.2) is 11.3 Å². The zero-order chi connectivity index (χ0) is 26.3. The monoisotopic (exact) mass is 529 g/mol. The molecule has 4 fully saturated rings. The minimum atomic E-state index is -3.83. The molecule has 4 aromatic rings. The van der Waals surface area contributed by atoms with Crippen molar-refractivity contribution in [1.29, 1.82) is 5.26 Å². The van der Waals surface area contributed by atoms with E-state index in [0.29, 0.717) is 29.7 Å². The number of hydrogen-bond donors (Lipinski definition) is 1. The molecule has 4 aliphatic carbocycles. The summed E-state index contributed by atoms with van der Waals surface area (Å²) in [6.45, 7) is 1.91. The van der Waals surface area contributed by atoms with Crippen molar-refractivity contribution in [2.75, 3.05) is 0 Å². The minimum absolute atomic E-state index is 0.119. The number of rotatable bonds is 5. The second-order valence-corrected chi connectivity index (χ2v) is 13.1. The average molecular weight is 530 g/mol. The summed E-state index contributed by atoms with van der Waals surface area (Å²) in [7, 11) is -3.83. The summed E-state index contributed by atoms with van der Waals surface area (Å²) < 4.78 is 30.1. The fourth-order valence-electron chi connectivity index (χ4n) is 6.38. The maximum atomic E-state index is 13.5. The van der Waals surface area contributed by atoms with Crippen LogP contribution >= 0.6 is 0 Å². The Kier molecular flexibility index (Phi) is 4.69. The number of carbonyl (C=O) groups excluding carboxylic acids is 1. The highest BCUT2D eigenvalue weighted by Crippen LogP contribution is 2.54. The standard InChI is InChI=1S/C27H27N7O3S/c1-18-2-4-19(5-3-18)38(36,37)33-15-6-20-22(33)29-16-21-31-32-23(34(20)21)25-9-12-27(13-10-25,14-11-25)30-24(35)26(17-28)7-8-26/h2-6,15-16H,7-14H2,1H3,(H,30,35). The van der Waals surface area contributed by atoms with Crippen LogP contribution in [0.4, 0.5) is 0 Å². The van der Waals surface area contributed by atoms with E-state index in [4.69, 9.17) is 0 Å². The van der Waals surface area contributed by atoms with Gasteiger partial charge >= 0.3 is 0 Å². The smallest absolute Gasteiger partial charge is 0.269 e. The first-order valence-corrected chi connectivity index (χ1v) is 14.4. The van der Waals surface area contributed by atoms with E-state index in [-0.39, 0.29) is 21.8 Å². The lowest BCUT2D eigenvalue weighted by molar-refractivity contribution is -0.128. The van der Waals surface area contributed by atoms with E-state index in [0.717, 1.165) is 49.9 Å². The first-order chi connectivity index (χ1) is 18.2. The molecule has 1 N–H and O–H groups in total. The molecule has 2 bridgehead atoms. The number of nitrogens with zero attached hydrogens (tertiary/aromatic N) is 6. The van der Waals surface area contributed by atoms with Crippen LogP contribution in [0.15, 0.2) is 47.6 Å². The number of nitriles is 1. The number of benzene rings is 1. The summed E-state index contributed by atoms with van der Waals surface area (Å²) in [5, 5.41) is 21.7. The quantitative estimate of drug-likeness (QED) is 0.419. The number of hydrogen-bond acceptors (Lipinski definition) is 7. The van der Waals surface area contributed by atoms with E-state index >= 15 is 0 Å². The summed E-state index contributed by atoms with van der Waals surface area (Å²) in [5.41, 5.74) is 1.22. The van der Waals surface area contributed by atoms with E-state index in [1.165, 1.54) is 3.97 Å². The lowest BCUT2D eigenvalue weighted by atomic mass is 9.56. The Morgan fingerprint density at radius 2 is 1.68 bits per heavy atom. The van der Waals surface area contributed by atoms with Crippen molar-refractivity contribution in [2.24, 2.45) is 5.41 Å². The molecule has 8 rings (SSSR count). The maximum absolute atomic E-state index is 13.5. The predicted octanol–water partition coefficient (Wildman–Crippen LogP) is 3.39. The Morgan fingerprint density at radius 3 is 2.32 bits per heavy atom. The Balaban J connectivity index is 1.24. The second kappa shape index (κ2) is 7.63. The molecular formula is C27H27N7O3S. The van der Waals surface area contributed by atoms with Crippen molar-refractivity contribution in [3.05, 3.63) is 54.1 Å². The maximum Gasteiger partial charge on any atom is 0.269 e. The highest BCUT2D eigenvalue weighted by atomic mass is 32.2. The van der Waals surface area contributed by atoms with Crippen molar-refractivity contribution in [3.8, 4) is 6.07 Å². The van der Waals surface area contributed by atoms with Crippen molar-refractivity contribution < 1.29 is 13.2 Å². The molecular weight excluding hydrogens is 502 g/mol. The van der Waals surface area contributed by atoms with Crippen LogP contribution in [0.1, 0.15) is 62.8 Å². The van der Waals surface area contributed by atoms with Crippen LogP contribution in [-0.4, -0.2) is 43.4 Å². The SMILES string of the molecule is Cc1ccc(S(=O)(=O)n2ccc3c2ncc2nnc(C45CCC(NC(=O)C6(C#N)CC6)(CC4)CC5)n23)cc1. The molecule has 0 atom stereocenters. The highest BCUT2D eigenvalue weighted by molar-refractivity contribution is 7.90. The third kappa shape index (κ3) is 3.19. The summed E-state index contributed by atoms with van der Waals surface area (Å²) in [5.74, 6) is 0.701. The molecule has 0 aliphatic heterocycles. The van der Waals surface area contributed by atoms with E-state index in [1.54, 1.807) is 42.7 Å². The van der Waals surface area contributed by atoms with Crippen molar-refractivity contribution in [1.82, 2.24) is 28.9 Å². The van der Waals surface area contributed by atoms with Crippen LogP contribution in [0.25, 0.3) is 16.8 Å². The van der Waals surface area contributed by atoms with Crippen LogP contribution in [0.5, 0.6) is 0 Å². The van der Waals surface area contributed by atoms with Gasteiger partial charge in [-0.25, -0.2) is 17.4 Å². The van der Waals surface area contributed by atoms with Gasteiger partial charge in [0.25, 0.3) is 10.0 Å². The normalized spacial score (nSPS) is 25.9. The Labute approximate surface area is 219 Å². The Bertz CT molecular complexity index is 1750. The van der Waals surface area contributed by atoms with Crippen molar-refractivity contribution >= 4 is 32.7 Å². The molecule has 0 spiro atoms. The third-order valence-electron chi connectivity index (χ3n) is 9.11. The summed E-state index contributed by atoms with van der Waals surface area (Å²) in [4.78, 5) is 17.5. The number of aryl methyl sites for hydroxylation is 1. The fraction of sp³-hybridized carbons (Fsp3) is 0.444. The molecule has 194 valence electrons. The molecule has 0 saturated heterocycles. The van der Waals surface area contributed by atoms with Gasteiger partial charge in [-0.05, 0) is 76.5 Å². The molecule has 38 heavy (non-hydrogen) atoms. The van der Waals surface area contributed by atoms with E-state index < -0.39 is 15.4 Å². The van der Waals surface area contributed by atoms with Gasteiger partial charge < -0.3 is 5.32 Å². The molecule has 4 aliphatic rings. The number of carbonyl (C=O) groups is 1. The highest BCUT2D eigenvalue weighted by Gasteiger charge is 2.56. The molecule has 3 heterocycles. The topological polar surface area (TPSA) is 135 Å². The summed E-state index contributed by atoms with van der Waals surface area (Å²) in [6.07, 6.45) is 9.33. The molecule has 1 aromatic carbocycles. The lowest BCUT2D eigenvalue weighted by Gasteiger charge is -2.53. The first kappa shape index (κ1) is 23.3. The van der Waals surface area contributed by atoms with Crippen LogP contribution < -0.4 is 5.32 Å². The number of fused-ring (bicyclic) bond motifs is 6. The molecule has 0 unspecified atom stereocenters. The zero-order valence-corrected chi connectivity index (χ0v) is 21.8. The fourth-order valence-corrected chi connectivity index (χ4v) is 7.67. The second-order valence-electron chi connectivity index (χ2n) is 11.3. The third-order valence-corrected chi connectivity index (χ3v) is 10.8. The zero-order valence-electron chi connectivity index (χ0n) is 21.0. The number of aromatic nitrogens is 5. The van der Waals surface area contributed by atoms with Gasteiger partial charge in [-0.3, -0.25) is 9.20 Å². The van der Waals surface area contributed by atoms with E-state index in [9.17, 15) is 18.5 Å². The number of nitrogens with one attached hydrogen (secondary N) is 1. The van der Waals surface area contributed by atoms with Crippen LogP contribution in [-0.2, 0) is 20.2 Å². The van der Waals surface area contributed by atoms with E-state index in [1.807, 2.05) is 11.3 Å².